The van der Waals surface area contributed by atoms with Crippen molar-refractivity contribution >= 4 is 5.91 Å². The molecule has 169 valence electrons. The minimum Gasteiger partial charge on any atom is -0.352 e. The molecule has 1 aromatic carbocycles. The van der Waals surface area contributed by atoms with E-state index >= 15 is 0 Å². The van der Waals surface area contributed by atoms with Crippen LogP contribution in [0.5, 0.6) is 0 Å². The number of hydrogen-bond donors (Lipinski definition) is 1. The molecule has 1 saturated carbocycles. The quantitative estimate of drug-likeness (QED) is 0.551. The summed E-state index contributed by atoms with van der Waals surface area (Å²) in [6.45, 7) is 9.68. The third kappa shape index (κ3) is 10.0. The van der Waals surface area contributed by atoms with Gasteiger partial charge in [0.15, 0.2) is 0 Å². The molecule has 4 nitrogen and oxygen atoms in total. The van der Waals surface area contributed by atoms with E-state index in [1.54, 1.807) is 0 Å². The third-order valence-electron chi connectivity index (χ3n) is 5.39. The van der Waals surface area contributed by atoms with Gasteiger partial charge in [0.05, 0.1) is 17.7 Å². The average Bonchev–Trinajstić information content (AvgIpc) is 3.08. The molecule has 5 heteroatoms. The second-order valence-electron chi connectivity index (χ2n) is 8.02. The molecule has 1 atom stereocenters. The fraction of sp³-hybridized carbons (Fsp3) is 0.680. The van der Waals surface area contributed by atoms with Crippen LogP contribution in [0.15, 0.2) is 24.3 Å². The Morgan fingerprint density at radius 1 is 1.10 bits per heavy atom. The fourth-order valence-corrected chi connectivity index (χ4v) is 3.51. The summed E-state index contributed by atoms with van der Waals surface area (Å²) in [6, 6.07) is 11.0. The Hall–Kier alpha value is -0.756. The van der Waals surface area contributed by atoms with E-state index in [1.165, 1.54) is 31.2 Å². The Morgan fingerprint density at radius 2 is 1.73 bits per heavy atom. The van der Waals surface area contributed by atoms with Crippen LogP contribution in [0.3, 0.4) is 0 Å². The Morgan fingerprint density at radius 3 is 2.20 bits per heavy atom. The van der Waals surface area contributed by atoms with E-state index in [0.29, 0.717) is 18.0 Å². The first-order valence-electron chi connectivity index (χ1n) is 9.98. The molecule has 1 radical (unpaired) electrons. The maximum atomic E-state index is 12.0. The van der Waals surface area contributed by atoms with Gasteiger partial charge >= 0.3 is 0 Å². The van der Waals surface area contributed by atoms with Gasteiger partial charge in [-0.05, 0) is 76.1 Å². The number of carbonyl (C=O) groups is 1. The number of amides is 1. The van der Waals surface area contributed by atoms with Crippen LogP contribution in [0.2, 0.25) is 0 Å². The minimum absolute atomic E-state index is 0. The van der Waals surface area contributed by atoms with Crippen molar-refractivity contribution in [2.45, 2.75) is 106 Å². The first-order chi connectivity index (χ1) is 12.4. The molecular formula is C25H45N3OY. The third-order valence-corrected chi connectivity index (χ3v) is 5.39. The van der Waals surface area contributed by atoms with Crippen LogP contribution in [-0.2, 0) is 37.5 Å². The summed E-state index contributed by atoms with van der Waals surface area (Å²) in [7, 11) is 0. The fourth-order valence-electron chi connectivity index (χ4n) is 3.51. The normalized spacial score (nSPS) is 17.6. The van der Waals surface area contributed by atoms with Gasteiger partial charge in [0.25, 0.3) is 0 Å². The average molecular weight is 493 g/mol. The van der Waals surface area contributed by atoms with Crippen molar-refractivity contribution in [2.24, 2.45) is 0 Å². The van der Waals surface area contributed by atoms with Crippen molar-refractivity contribution in [3.63, 3.8) is 0 Å². The molecule has 2 fully saturated rings. The van der Waals surface area contributed by atoms with Crippen LogP contribution in [0.25, 0.3) is 0 Å². The van der Waals surface area contributed by atoms with Crippen molar-refractivity contribution in [1.82, 2.24) is 10.2 Å². The van der Waals surface area contributed by atoms with Crippen molar-refractivity contribution in [3.8, 4) is 6.07 Å². The molecule has 1 N–H and O–H groups in total. The second-order valence-corrected chi connectivity index (χ2v) is 8.02. The van der Waals surface area contributed by atoms with Gasteiger partial charge in [0.1, 0.15) is 0 Å². The van der Waals surface area contributed by atoms with E-state index in [-0.39, 0.29) is 66.9 Å². The van der Waals surface area contributed by atoms with Gasteiger partial charge < -0.3 is 5.32 Å². The Balaban J connectivity index is -0.000000444. The predicted octanol–water partition coefficient (Wildman–Crippen LogP) is 6.12. The number of benzene rings is 1. The Kier molecular flexibility index (Phi) is 19.1. The summed E-state index contributed by atoms with van der Waals surface area (Å²) in [6.07, 6.45) is 5.85. The molecule has 0 bridgehead atoms. The van der Waals surface area contributed by atoms with E-state index in [2.05, 4.69) is 44.0 Å². The van der Waals surface area contributed by atoms with Gasteiger partial charge in [-0.3, -0.25) is 9.69 Å². The molecule has 1 unspecified atom stereocenters. The molecule has 30 heavy (non-hydrogen) atoms. The van der Waals surface area contributed by atoms with Crippen LogP contribution in [0, 0.1) is 11.3 Å². The number of nitrogens with one attached hydrogen (secondary N) is 1. The number of carbonyl (C=O) groups excluding carboxylic acids is 1. The maximum absolute atomic E-state index is 12.0. The predicted molar refractivity (Wildman–Crippen MR) is 126 cm³/mol. The van der Waals surface area contributed by atoms with Crippen molar-refractivity contribution in [3.05, 3.63) is 35.4 Å². The SMILES string of the molecule is C.C.C.CC(C)N1CCCC1C(=O)NC1CCC1.CC(C)c1cccc(C#N)c1.[Y]. The van der Waals surface area contributed by atoms with Gasteiger partial charge in [-0.2, -0.15) is 5.26 Å². The van der Waals surface area contributed by atoms with Crippen LogP contribution in [0.4, 0.5) is 0 Å². The van der Waals surface area contributed by atoms with Gasteiger partial charge in [0.2, 0.25) is 5.91 Å². The maximum Gasteiger partial charge on any atom is 0.237 e. The molecule has 1 saturated heterocycles. The molecule has 3 rings (SSSR count). The molecular weight excluding hydrogens is 447 g/mol. The van der Waals surface area contributed by atoms with E-state index in [0.717, 1.165) is 18.5 Å². The Labute approximate surface area is 212 Å². The van der Waals surface area contributed by atoms with E-state index in [4.69, 9.17) is 5.26 Å². The smallest absolute Gasteiger partial charge is 0.237 e. The van der Waals surface area contributed by atoms with Crippen LogP contribution in [0.1, 0.15) is 99.1 Å². The van der Waals surface area contributed by atoms with Gasteiger partial charge in [-0.1, -0.05) is 48.3 Å². The minimum atomic E-state index is 0. The first-order valence-corrected chi connectivity index (χ1v) is 9.98. The van der Waals surface area contributed by atoms with E-state index in [9.17, 15) is 4.79 Å². The molecule has 2 aliphatic rings. The summed E-state index contributed by atoms with van der Waals surface area (Å²) in [5, 5.41) is 11.8. The standard InChI is InChI=1S/C12H22N2O.C10H11N.3CH4.Y/c1-9(2)14-8-4-7-11(14)12(15)13-10-5-3-6-10;1-8(2)10-5-3-4-9(6-10)7-11;;;;/h9-11H,3-8H2,1-2H3,(H,13,15);3-6,8H,1-2H3;3*1H4;. The number of rotatable bonds is 4. The summed E-state index contributed by atoms with van der Waals surface area (Å²) >= 11 is 0. The zero-order valence-corrected chi connectivity index (χ0v) is 20.1. The number of nitriles is 1. The molecule has 1 heterocycles. The van der Waals surface area contributed by atoms with Crippen LogP contribution in [-0.4, -0.2) is 35.5 Å². The van der Waals surface area contributed by atoms with E-state index in [1.807, 2.05) is 24.3 Å². The van der Waals surface area contributed by atoms with Crippen LogP contribution < -0.4 is 5.32 Å². The molecule has 1 aliphatic heterocycles. The zero-order chi connectivity index (χ0) is 19.1. The Bertz CT molecular complexity index is 636. The van der Waals surface area contributed by atoms with Crippen molar-refractivity contribution < 1.29 is 37.5 Å². The molecule has 0 spiro atoms. The van der Waals surface area contributed by atoms with Crippen LogP contribution >= 0.6 is 0 Å². The monoisotopic (exact) mass is 492 g/mol. The van der Waals surface area contributed by atoms with Gasteiger partial charge in [-0.15, -0.1) is 0 Å². The summed E-state index contributed by atoms with van der Waals surface area (Å²) in [5.41, 5.74) is 1.97. The van der Waals surface area contributed by atoms with Crippen molar-refractivity contribution in [1.29, 1.82) is 5.26 Å². The van der Waals surface area contributed by atoms with E-state index < -0.39 is 0 Å². The summed E-state index contributed by atoms with van der Waals surface area (Å²) < 4.78 is 0. The molecule has 1 amide bonds. The molecule has 1 aromatic rings. The van der Waals surface area contributed by atoms with Gasteiger partial charge in [-0.25, -0.2) is 0 Å². The second kappa shape index (κ2) is 16.9. The zero-order valence-electron chi connectivity index (χ0n) is 17.2. The first kappa shape index (κ1) is 33.9. The van der Waals surface area contributed by atoms with Crippen molar-refractivity contribution in [2.75, 3.05) is 6.54 Å². The number of hydrogen-bond acceptors (Lipinski definition) is 3. The summed E-state index contributed by atoms with van der Waals surface area (Å²) in [4.78, 5) is 14.3. The van der Waals surface area contributed by atoms with Gasteiger partial charge in [0, 0.05) is 44.8 Å². The largest absolute Gasteiger partial charge is 0.352 e. The molecule has 1 aliphatic carbocycles. The topological polar surface area (TPSA) is 56.1 Å². The number of nitrogens with zero attached hydrogens (tertiary/aromatic N) is 2. The summed E-state index contributed by atoms with van der Waals surface area (Å²) in [5.74, 6) is 0.772. The number of likely N-dealkylation sites (tertiary alicyclic amines) is 1. The molecule has 0 aromatic heterocycles.